The van der Waals surface area contributed by atoms with Gasteiger partial charge in [0.05, 0.1) is 0 Å². The molecule has 0 aliphatic heterocycles. The van der Waals surface area contributed by atoms with Crippen LogP contribution in [0.2, 0.25) is 0 Å². The summed E-state index contributed by atoms with van der Waals surface area (Å²) in [4.78, 5) is 0.777. The van der Waals surface area contributed by atoms with Gasteiger partial charge in [0.25, 0.3) is 0 Å². The molecule has 0 bridgehead atoms. The molecule has 0 amide bonds. The third kappa shape index (κ3) is 3.47. The second-order valence-corrected chi connectivity index (χ2v) is 5.09. The molecule has 1 saturated carbocycles. The Bertz CT molecular complexity index is 106. The molecule has 71 valence electrons. The second-order valence-electron chi connectivity index (χ2n) is 3.91. The van der Waals surface area contributed by atoms with E-state index in [0.717, 1.165) is 17.2 Å². The average molecular weight is 232 g/mol. The van der Waals surface area contributed by atoms with E-state index in [1.54, 1.807) is 0 Å². The first-order valence-corrected chi connectivity index (χ1v) is 6.19. The lowest BCUT2D eigenvalue weighted by molar-refractivity contribution is 0.342. The molecule has 1 aliphatic rings. The SMILES string of the molecule is [CH2]CCCC(Br)C1CCCCC1. The quantitative estimate of drug-likeness (QED) is 0.632. The zero-order chi connectivity index (χ0) is 8.81. The number of hydrogen-bond donors (Lipinski definition) is 0. The molecule has 1 unspecified atom stereocenters. The van der Waals surface area contributed by atoms with Gasteiger partial charge in [-0.15, -0.1) is 0 Å². The zero-order valence-corrected chi connectivity index (χ0v) is 9.48. The number of halogens is 1. The second kappa shape index (κ2) is 6.01. The topological polar surface area (TPSA) is 0 Å². The van der Waals surface area contributed by atoms with Crippen LogP contribution in [-0.4, -0.2) is 4.83 Å². The summed E-state index contributed by atoms with van der Waals surface area (Å²) in [5.41, 5.74) is 0. The van der Waals surface area contributed by atoms with Gasteiger partial charge in [-0.3, -0.25) is 0 Å². The van der Waals surface area contributed by atoms with Crippen molar-refractivity contribution in [2.75, 3.05) is 0 Å². The Morgan fingerprint density at radius 2 is 1.92 bits per heavy atom. The highest BCUT2D eigenvalue weighted by Gasteiger charge is 2.20. The van der Waals surface area contributed by atoms with Gasteiger partial charge in [0.15, 0.2) is 0 Å². The monoisotopic (exact) mass is 231 g/mol. The lowest BCUT2D eigenvalue weighted by Gasteiger charge is -2.26. The maximum absolute atomic E-state index is 3.88. The Morgan fingerprint density at radius 3 is 2.50 bits per heavy atom. The van der Waals surface area contributed by atoms with E-state index < -0.39 is 0 Å². The molecule has 12 heavy (non-hydrogen) atoms. The molecule has 1 atom stereocenters. The fraction of sp³-hybridized carbons (Fsp3) is 0.909. The van der Waals surface area contributed by atoms with Gasteiger partial charge in [-0.25, -0.2) is 0 Å². The molecule has 0 spiro atoms. The van der Waals surface area contributed by atoms with Crippen LogP contribution in [-0.2, 0) is 0 Å². The van der Waals surface area contributed by atoms with Gasteiger partial charge in [-0.1, -0.05) is 55.0 Å². The predicted octanol–water partition coefficient (Wildman–Crippen LogP) is 4.33. The minimum absolute atomic E-state index is 0.777. The first-order valence-electron chi connectivity index (χ1n) is 5.28. The van der Waals surface area contributed by atoms with Gasteiger partial charge in [-0.05, 0) is 25.2 Å². The lowest BCUT2D eigenvalue weighted by Crippen LogP contribution is -2.17. The van der Waals surface area contributed by atoms with Crippen LogP contribution >= 0.6 is 15.9 Å². The smallest absolute Gasteiger partial charge is 0.0174 e. The van der Waals surface area contributed by atoms with E-state index in [9.17, 15) is 0 Å². The van der Waals surface area contributed by atoms with Crippen molar-refractivity contribution >= 4 is 15.9 Å². The summed E-state index contributed by atoms with van der Waals surface area (Å²) in [5, 5.41) is 0. The number of rotatable bonds is 4. The van der Waals surface area contributed by atoms with E-state index in [2.05, 4.69) is 22.9 Å². The molecule has 0 aromatic carbocycles. The van der Waals surface area contributed by atoms with Gasteiger partial charge in [0.2, 0.25) is 0 Å². The van der Waals surface area contributed by atoms with E-state index in [1.807, 2.05) is 0 Å². The van der Waals surface area contributed by atoms with Crippen molar-refractivity contribution in [3.05, 3.63) is 6.92 Å². The average Bonchev–Trinajstić information content (AvgIpc) is 2.15. The van der Waals surface area contributed by atoms with Gasteiger partial charge >= 0.3 is 0 Å². The van der Waals surface area contributed by atoms with Crippen molar-refractivity contribution < 1.29 is 0 Å². The molecule has 0 nitrogen and oxygen atoms in total. The van der Waals surface area contributed by atoms with Crippen molar-refractivity contribution in [3.63, 3.8) is 0 Å². The highest BCUT2D eigenvalue weighted by Crippen LogP contribution is 2.32. The highest BCUT2D eigenvalue weighted by molar-refractivity contribution is 9.09. The third-order valence-corrected chi connectivity index (χ3v) is 4.10. The minimum atomic E-state index is 0.777. The normalized spacial score (nSPS) is 22.5. The molecular formula is C11H20Br. The molecule has 0 heterocycles. The van der Waals surface area contributed by atoms with E-state index in [1.165, 1.54) is 44.9 Å². The lowest BCUT2D eigenvalue weighted by atomic mass is 9.85. The number of alkyl halides is 1. The van der Waals surface area contributed by atoms with Crippen molar-refractivity contribution in [3.8, 4) is 0 Å². The molecule has 0 aromatic rings. The maximum Gasteiger partial charge on any atom is 0.0174 e. The number of hydrogen-bond acceptors (Lipinski definition) is 0. The van der Waals surface area contributed by atoms with E-state index >= 15 is 0 Å². The van der Waals surface area contributed by atoms with Crippen molar-refractivity contribution in [1.82, 2.24) is 0 Å². The molecule has 0 N–H and O–H groups in total. The summed E-state index contributed by atoms with van der Waals surface area (Å²) in [6, 6.07) is 0. The molecule has 1 rings (SSSR count). The van der Waals surface area contributed by atoms with Gasteiger partial charge in [0, 0.05) is 4.83 Å². The van der Waals surface area contributed by atoms with Crippen LogP contribution in [0, 0.1) is 12.8 Å². The summed E-state index contributed by atoms with van der Waals surface area (Å²) in [7, 11) is 0. The largest absolute Gasteiger partial charge is 0.0888 e. The fourth-order valence-electron chi connectivity index (χ4n) is 2.07. The molecule has 1 fully saturated rings. The Hall–Kier alpha value is 0.480. The van der Waals surface area contributed by atoms with E-state index in [0.29, 0.717) is 0 Å². The predicted molar refractivity (Wildman–Crippen MR) is 58.5 cm³/mol. The summed E-state index contributed by atoms with van der Waals surface area (Å²) in [6.45, 7) is 3.88. The zero-order valence-electron chi connectivity index (χ0n) is 7.90. The fourth-order valence-corrected chi connectivity index (χ4v) is 2.92. The standard InChI is InChI=1S/C11H20Br/c1-2-3-9-11(12)10-7-5-4-6-8-10/h10-11H,1-9H2. The number of unbranched alkanes of at least 4 members (excludes halogenated alkanes) is 1. The summed E-state index contributed by atoms with van der Waals surface area (Å²) < 4.78 is 0. The molecule has 1 aliphatic carbocycles. The Labute approximate surface area is 85.3 Å². The summed E-state index contributed by atoms with van der Waals surface area (Å²) in [5.74, 6) is 0.963. The van der Waals surface area contributed by atoms with Crippen LogP contribution in [0.15, 0.2) is 0 Å². The van der Waals surface area contributed by atoms with Gasteiger partial charge < -0.3 is 0 Å². The van der Waals surface area contributed by atoms with Crippen LogP contribution in [0.25, 0.3) is 0 Å². The van der Waals surface area contributed by atoms with Crippen molar-refractivity contribution in [2.45, 2.75) is 56.2 Å². The van der Waals surface area contributed by atoms with E-state index in [-0.39, 0.29) is 0 Å². The highest BCUT2D eigenvalue weighted by atomic mass is 79.9. The maximum atomic E-state index is 3.88. The summed E-state index contributed by atoms with van der Waals surface area (Å²) in [6.07, 6.45) is 11.0. The van der Waals surface area contributed by atoms with Crippen LogP contribution in [0.4, 0.5) is 0 Å². The first-order chi connectivity index (χ1) is 5.84. The van der Waals surface area contributed by atoms with Gasteiger partial charge in [-0.2, -0.15) is 0 Å². The first kappa shape index (κ1) is 10.6. The molecule has 1 radical (unpaired) electrons. The Kier molecular flexibility index (Phi) is 5.29. The molecule has 1 heteroatoms. The van der Waals surface area contributed by atoms with Crippen LogP contribution in [0.1, 0.15) is 51.4 Å². The van der Waals surface area contributed by atoms with Crippen molar-refractivity contribution in [2.24, 2.45) is 5.92 Å². The Morgan fingerprint density at radius 1 is 1.25 bits per heavy atom. The minimum Gasteiger partial charge on any atom is -0.0888 e. The third-order valence-electron chi connectivity index (χ3n) is 2.89. The van der Waals surface area contributed by atoms with Crippen LogP contribution < -0.4 is 0 Å². The van der Waals surface area contributed by atoms with Crippen LogP contribution in [0.3, 0.4) is 0 Å². The molecule has 0 saturated heterocycles. The van der Waals surface area contributed by atoms with E-state index in [4.69, 9.17) is 0 Å². The van der Waals surface area contributed by atoms with Gasteiger partial charge in [0.1, 0.15) is 0 Å². The van der Waals surface area contributed by atoms with Crippen molar-refractivity contribution in [1.29, 1.82) is 0 Å². The summed E-state index contributed by atoms with van der Waals surface area (Å²) >= 11 is 3.81. The Balaban J connectivity index is 2.15. The van der Waals surface area contributed by atoms with Crippen LogP contribution in [0.5, 0.6) is 0 Å². The molecule has 0 aromatic heterocycles. The molecular weight excluding hydrogens is 212 g/mol.